The van der Waals surface area contributed by atoms with Crippen LogP contribution in [0.3, 0.4) is 0 Å². The Bertz CT molecular complexity index is 420. The van der Waals surface area contributed by atoms with Crippen molar-refractivity contribution in [3.63, 3.8) is 0 Å². The maximum atomic E-state index is 9.12. The van der Waals surface area contributed by atoms with Crippen LogP contribution in [0.15, 0.2) is 24.3 Å². The first-order chi connectivity index (χ1) is 6.82. The Morgan fingerprint density at radius 2 is 1.86 bits per heavy atom. The summed E-state index contributed by atoms with van der Waals surface area (Å²) in [6.07, 6.45) is 2.58. The molecule has 0 saturated heterocycles. The number of hydrogen-bond acceptors (Lipinski definition) is 2. The molecule has 0 amide bonds. The van der Waals surface area contributed by atoms with Gasteiger partial charge in [-0.3, -0.25) is 0 Å². The summed E-state index contributed by atoms with van der Waals surface area (Å²) in [7, 11) is 0. The van der Waals surface area contributed by atoms with Gasteiger partial charge in [0.25, 0.3) is 0 Å². The highest BCUT2D eigenvalue weighted by atomic mass is 14.4. The number of nitrogens with zero attached hydrogens (tertiary/aromatic N) is 2. The minimum atomic E-state index is -0.894. The fraction of sp³-hybridized carbons (Fsp3) is 0.333. The highest BCUT2D eigenvalue weighted by molar-refractivity contribution is 5.46. The molecule has 2 rings (SSSR count). The topological polar surface area (TPSA) is 47.6 Å². The zero-order chi connectivity index (χ0) is 10.0. The van der Waals surface area contributed by atoms with Crippen LogP contribution in [-0.4, -0.2) is 0 Å². The van der Waals surface area contributed by atoms with Crippen molar-refractivity contribution in [3.05, 3.63) is 35.4 Å². The number of hydrogen-bond donors (Lipinski definition) is 0. The first-order valence-corrected chi connectivity index (χ1v) is 4.73. The van der Waals surface area contributed by atoms with Crippen molar-refractivity contribution in [1.82, 2.24) is 0 Å². The van der Waals surface area contributed by atoms with Gasteiger partial charge in [0, 0.05) is 0 Å². The summed E-state index contributed by atoms with van der Waals surface area (Å²) < 4.78 is 0. The van der Waals surface area contributed by atoms with E-state index in [2.05, 4.69) is 12.1 Å². The zero-order valence-electron chi connectivity index (χ0n) is 7.83. The van der Waals surface area contributed by atoms with Gasteiger partial charge in [-0.05, 0) is 30.4 Å². The summed E-state index contributed by atoms with van der Waals surface area (Å²) in [5.74, 6) is 0. The van der Waals surface area contributed by atoms with Crippen molar-refractivity contribution >= 4 is 0 Å². The molecular formula is C12H10N2. The predicted molar refractivity (Wildman–Crippen MR) is 52.3 cm³/mol. The van der Waals surface area contributed by atoms with Crippen molar-refractivity contribution in [2.45, 2.75) is 24.7 Å². The average molecular weight is 182 g/mol. The Balaban J connectivity index is 2.63. The lowest BCUT2D eigenvalue weighted by Gasteiger charge is -2.26. The third-order valence-corrected chi connectivity index (χ3v) is 2.86. The second-order valence-corrected chi connectivity index (χ2v) is 3.64. The molecule has 0 aliphatic heterocycles. The van der Waals surface area contributed by atoms with Crippen LogP contribution in [0.25, 0.3) is 0 Å². The van der Waals surface area contributed by atoms with E-state index in [1.165, 1.54) is 0 Å². The lowest BCUT2D eigenvalue weighted by molar-refractivity contribution is 0.549. The van der Waals surface area contributed by atoms with E-state index >= 15 is 0 Å². The molecule has 68 valence electrons. The molecule has 0 saturated carbocycles. The summed E-state index contributed by atoms with van der Waals surface area (Å²) in [6, 6.07) is 12.1. The molecule has 0 spiro atoms. The van der Waals surface area contributed by atoms with Gasteiger partial charge in [0.05, 0.1) is 12.1 Å². The van der Waals surface area contributed by atoms with Crippen LogP contribution in [-0.2, 0) is 11.8 Å². The first-order valence-electron chi connectivity index (χ1n) is 4.73. The zero-order valence-corrected chi connectivity index (χ0v) is 7.83. The SMILES string of the molecule is N#CC1(C#N)CCCc2ccccc21. The number of fused-ring (bicyclic) bond motifs is 1. The van der Waals surface area contributed by atoms with Crippen LogP contribution < -0.4 is 0 Å². The van der Waals surface area contributed by atoms with Gasteiger partial charge >= 0.3 is 0 Å². The molecular weight excluding hydrogens is 172 g/mol. The van der Waals surface area contributed by atoms with Gasteiger partial charge in [-0.15, -0.1) is 0 Å². The van der Waals surface area contributed by atoms with E-state index in [1.54, 1.807) is 0 Å². The fourth-order valence-corrected chi connectivity index (χ4v) is 2.09. The monoisotopic (exact) mass is 182 g/mol. The largest absolute Gasteiger partial charge is 0.196 e. The van der Waals surface area contributed by atoms with Gasteiger partial charge in [0.15, 0.2) is 5.41 Å². The minimum Gasteiger partial charge on any atom is -0.196 e. The van der Waals surface area contributed by atoms with Gasteiger partial charge in [0.2, 0.25) is 0 Å². The first kappa shape index (κ1) is 8.78. The second kappa shape index (κ2) is 3.16. The van der Waals surface area contributed by atoms with Crippen LogP contribution >= 0.6 is 0 Å². The quantitative estimate of drug-likeness (QED) is 0.618. The Kier molecular flexibility index (Phi) is 1.98. The highest BCUT2D eigenvalue weighted by Crippen LogP contribution is 2.36. The lowest BCUT2D eigenvalue weighted by atomic mass is 9.72. The molecule has 0 aromatic heterocycles. The van der Waals surface area contributed by atoms with Crippen molar-refractivity contribution in [1.29, 1.82) is 10.5 Å². The number of aryl methyl sites for hydroxylation is 1. The molecule has 0 unspecified atom stereocenters. The molecule has 0 fully saturated rings. The van der Waals surface area contributed by atoms with Crippen molar-refractivity contribution < 1.29 is 0 Å². The minimum absolute atomic E-state index is 0.664. The van der Waals surface area contributed by atoms with E-state index < -0.39 is 5.41 Å². The summed E-state index contributed by atoms with van der Waals surface area (Å²) in [5.41, 5.74) is 1.17. The molecule has 1 aliphatic carbocycles. The van der Waals surface area contributed by atoms with E-state index in [-0.39, 0.29) is 0 Å². The summed E-state index contributed by atoms with van der Waals surface area (Å²) in [5, 5.41) is 18.2. The summed E-state index contributed by atoms with van der Waals surface area (Å²) in [6.45, 7) is 0. The Labute approximate surface area is 83.4 Å². The van der Waals surface area contributed by atoms with Crippen molar-refractivity contribution in [3.8, 4) is 12.1 Å². The maximum absolute atomic E-state index is 9.12. The van der Waals surface area contributed by atoms with Gasteiger partial charge in [0.1, 0.15) is 0 Å². The Morgan fingerprint density at radius 1 is 1.14 bits per heavy atom. The molecule has 1 aromatic rings. The lowest BCUT2D eigenvalue weighted by Crippen LogP contribution is -2.27. The molecule has 0 N–H and O–H groups in total. The third-order valence-electron chi connectivity index (χ3n) is 2.86. The van der Waals surface area contributed by atoms with Gasteiger partial charge in [-0.25, -0.2) is 0 Å². The van der Waals surface area contributed by atoms with E-state index in [0.717, 1.165) is 24.0 Å². The van der Waals surface area contributed by atoms with Crippen LogP contribution in [0.5, 0.6) is 0 Å². The molecule has 2 heteroatoms. The molecule has 2 nitrogen and oxygen atoms in total. The number of benzene rings is 1. The normalized spacial score (nSPS) is 17.6. The molecule has 1 aromatic carbocycles. The molecule has 0 radical (unpaired) electrons. The van der Waals surface area contributed by atoms with Crippen LogP contribution in [0.4, 0.5) is 0 Å². The summed E-state index contributed by atoms with van der Waals surface area (Å²) in [4.78, 5) is 0. The standard InChI is InChI=1S/C12H10N2/c13-8-12(9-14)7-3-5-10-4-1-2-6-11(10)12/h1-2,4,6H,3,5,7H2. The fourth-order valence-electron chi connectivity index (χ4n) is 2.09. The van der Waals surface area contributed by atoms with Crippen LogP contribution in [0.1, 0.15) is 24.0 Å². The number of rotatable bonds is 0. The Hall–Kier alpha value is -1.80. The van der Waals surface area contributed by atoms with Crippen molar-refractivity contribution in [2.75, 3.05) is 0 Å². The smallest absolute Gasteiger partial charge is 0.168 e. The third kappa shape index (κ3) is 1.09. The van der Waals surface area contributed by atoms with Crippen LogP contribution in [0.2, 0.25) is 0 Å². The van der Waals surface area contributed by atoms with Crippen molar-refractivity contribution in [2.24, 2.45) is 0 Å². The number of nitriles is 2. The molecule has 14 heavy (non-hydrogen) atoms. The predicted octanol–water partition coefficient (Wildman–Crippen LogP) is 2.31. The highest BCUT2D eigenvalue weighted by Gasteiger charge is 2.36. The van der Waals surface area contributed by atoms with Crippen LogP contribution in [0, 0.1) is 22.7 Å². The molecule has 0 atom stereocenters. The molecule has 0 heterocycles. The average Bonchev–Trinajstić information content (AvgIpc) is 2.28. The van der Waals surface area contributed by atoms with E-state index in [9.17, 15) is 0 Å². The maximum Gasteiger partial charge on any atom is 0.168 e. The Morgan fingerprint density at radius 3 is 2.57 bits per heavy atom. The van der Waals surface area contributed by atoms with Gasteiger partial charge < -0.3 is 0 Å². The van der Waals surface area contributed by atoms with E-state index in [1.807, 2.05) is 24.3 Å². The van der Waals surface area contributed by atoms with E-state index in [4.69, 9.17) is 10.5 Å². The molecule has 1 aliphatic rings. The van der Waals surface area contributed by atoms with E-state index in [0.29, 0.717) is 6.42 Å². The second-order valence-electron chi connectivity index (χ2n) is 3.64. The summed E-state index contributed by atoms with van der Waals surface area (Å²) >= 11 is 0. The van der Waals surface area contributed by atoms with Gasteiger partial charge in [-0.2, -0.15) is 10.5 Å². The van der Waals surface area contributed by atoms with Gasteiger partial charge in [-0.1, -0.05) is 24.3 Å². The molecule has 0 bridgehead atoms.